The molecule has 0 fully saturated rings. The average Bonchev–Trinajstić information content (AvgIpc) is 3.17. The second-order valence-electron chi connectivity index (χ2n) is 4.92. The van der Waals surface area contributed by atoms with Gasteiger partial charge < -0.3 is 8.94 Å². The second kappa shape index (κ2) is 6.66. The van der Waals surface area contributed by atoms with E-state index in [4.69, 9.17) is 8.94 Å². The van der Waals surface area contributed by atoms with E-state index < -0.39 is 10.0 Å². The van der Waals surface area contributed by atoms with Crippen LogP contribution in [0.25, 0.3) is 12.2 Å². The van der Waals surface area contributed by atoms with E-state index in [1.54, 1.807) is 19.1 Å². The summed E-state index contributed by atoms with van der Waals surface area (Å²) in [6, 6.07) is 12.6. The van der Waals surface area contributed by atoms with E-state index in [0.717, 1.165) is 5.56 Å². The van der Waals surface area contributed by atoms with Crippen LogP contribution < -0.4 is 4.72 Å². The van der Waals surface area contributed by atoms with Crippen molar-refractivity contribution in [2.75, 3.05) is 4.72 Å². The van der Waals surface area contributed by atoms with Gasteiger partial charge in [0.25, 0.3) is 15.9 Å². The van der Waals surface area contributed by atoms with E-state index in [9.17, 15) is 8.42 Å². The molecule has 2 aromatic heterocycles. The van der Waals surface area contributed by atoms with E-state index in [1.165, 1.54) is 6.07 Å². The normalized spacial score (nSPS) is 11.9. The Hall–Kier alpha value is -2.32. The molecule has 3 rings (SSSR count). The molecule has 0 spiro atoms. The Morgan fingerprint density at radius 3 is 2.54 bits per heavy atom. The Kier molecular flexibility index (Phi) is 4.59. The van der Waals surface area contributed by atoms with Gasteiger partial charge in [0.15, 0.2) is 0 Å². The van der Waals surface area contributed by atoms with Gasteiger partial charge in [0.2, 0.25) is 5.09 Å². The highest BCUT2D eigenvalue weighted by Crippen LogP contribution is 2.28. The van der Waals surface area contributed by atoms with Crippen LogP contribution in [-0.4, -0.2) is 13.6 Å². The molecular formula is C16H13BrN2O4S. The lowest BCUT2D eigenvalue weighted by Crippen LogP contribution is -2.11. The third kappa shape index (κ3) is 3.60. The number of benzene rings is 1. The number of aromatic nitrogens is 1. The third-order valence-electron chi connectivity index (χ3n) is 3.12. The molecule has 0 radical (unpaired) electrons. The number of nitrogens with zero attached hydrogens (tertiary/aromatic N) is 1. The van der Waals surface area contributed by atoms with Crippen molar-refractivity contribution in [3.63, 3.8) is 0 Å². The Labute approximate surface area is 147 Å². The van der Waals surface area contributed by atoms with Gasteiger partial charge in [-0.3, -0.25) is 0 Å². The minimum Gasteiger partial charge on any atom is -0.443 e. The highest BCUT2D eigenvalue weighted by Gasteiger charge is 2.22. The van der Waals surface area contributed by atoms with Gasteiger partial charge in [-0.15, -0.1) is 0 Å². The molecule has 0 bridgehead atoms. The fourth-order valence-electron chi connectivity index (χ4n) is 1.91. The van der Waals surface area contributed by atoms with Gasteiger partial charge in [0.05, 0.1) is 5.69 Å². The summed E-state index contributed by atoms with van der Waals surface area (Å²) in [5.74, 6) is 0.428. The number of anilines is 1. The summed E-state index contributed by atoms with van der Waals surface area (Å²) in [6.07, 6.45) is 3.53. The summed E-state index contributed by atoms with van der Waals surface area (Å²) in [5, 5.41) is 3.46. The Bertz CT molecular complexity index is 975. The molecule has 3 aromatic rings. The molecule has 6 nitrogen and oxygen atoms in total. The highest BCUT2D eigenvalue weighted by molar-refractivity contribution is 9.10. The molecule has 24 heavy (non-hydrogen) atoms. The van der Waals surface area contributed by atoms with Crippen LogP contribution in [0.2, 0.25) is 0 Å². The van der Waals surface area contributed by atoms with Crippen LogP contribution in [0.1, 0.15) is 17.0 Å². The predicted octanol–water partition coefficient (Wildman–Crippen LogP) is 4.31. The minimum atomic E-state index is -3.90. The first kappa shape index (κ1) is 16.5. The molecule has 0 saturated heterocycles. The molecule has 0 unspecified atom stereocenters. The maximum Gasteiger partial charge on any atom is 0.297 e. The molecule has 8 heteroatoms. The number of furan rings is 1. The average molecular weight is 409 g/mol. The zero-order valence-electron chi connectivity index (χ0n) is 12.6. The molecule has 124 valence electrons. The van der Waals surface area contributed by atoms with E-state index in [-0.39, 0.29) is 11.0 Å². The van der Waals surface area contributed by atoms with Crippen molar-refractivity contribution in [2.45, 2.75) is 12.0 Å². The van der Waals surface area contributed by atoms with Crippen LogP contribution in [0.4, 0.5) is 5.88 Å². The minimum absolute atomic E-state index is 0.00489. The Morgan fingerprint density at radius 1 is 1.12 bits per heavy atom. The van der Waals surface area contributed by atoms with Gasteiger partial charge in [0, 0.05) is 0 Å². The summed E-state index contributed by atoms with van der Waals surface area (Å²) in [5.41, 5.74) is 1.52. The van der Waals surface area contributed by atoms with Crippen LogP contribution >= 0.6 is 15.9 Å². The van der Waals surface area contributed by atoms with Gasteiger partial charge in [-0.2, -0.15) is 8.42 Å². The molecular weight excluding hydrogens is 396 g/mol. The summed E-state index contributed by atoms with van der Waals surface area (Å²) < 4.78 is 37.7. The quantitative estimate of drug-likeness (QED) is 0.679. The van der Waals surface area contributed by atoms with Crippen molar-refractivity contribution in [1.29, 1.82) is 0 Å². The smallest absolute Gasteiger partial charge is 0.297 e. The molecule has 0 amide bonds. The fourth-order valence-corrected chi connectivity index (χ4v) is 3.22. The van der Waals surface area contributed by atoms with Crippen LogP contribution in [-0.2, 0) is 10.0 Å². The molecule has 1 aromatic carbocycles. The van der Waals surface area contributed by atoms with Crippen molar-refractivity contribution >= 4 is 44.0 Å². The molecule has 0 aliphatic heterocycles. The lowest BCUT2D eigenvalue weighted by molar-refractivity contribution is 0.426. The number of halogens is 1. The predicted molar refractivity (Wildman–Crippen MR) is 93.8 cm³/mol. The van der Waals surface area contributed by atoms with Crippen LogP contribution in [0.5, 0.6) is 0 Å². The topological polar surface area (TPSA) is 85.3 Å². The largest absolute Gasteiger partial charge is 0.443 e. The van der Waals surface area contributed by atoms with Crippen molar-refractivity contribution in [1.82, 2.24) is 5.16 Å². The number of sulfonamides is 1. The summed E-state index contributed by atoms with van der Waals surface area (Å²) >= 11 is 3.21. The van der Waals surface area contributed by atoms with Gasteiger partial charge in [-0.05, 0) is 46.6 Å². The van der Waals surface area contributed by atoms with Crippen molar-refractivity contribution < 1.29 is 17.4 Å². The van der Waals surface area contributed by atoms with Crippen LogP contribution in [0.3, 0.4) is 0 Å². The van der Waals surface area contributed by atoms with E-state index in [0.29, 0.717) is 15.9 Å². The maximum atomic E-state index is 12.3. The molecule has 0 saturated carbocycles. The first-order valence-electron chi connectivity index (χ1n) is 6.93. The Morgan fingerprint density at radius 2 is 1.88 bits per heavy atom. The number of nitrogens with one attached hydrogen (secondary N) is 1. The lowest BCUT2D eigenvalue weighted by atomic mass is 10.2. The molecule has 0 aliphatic carbocycles. The van der Waals surface area contributed by atoms with E-state index in [1.807, 2.05) is 36.4 Å². The third-order valence-corrected chi connectivity index (χ3v) is 5.26. The monoisotopic (exact) mass is 408 g/mol. The fraction of sp³-hybridized carbons (Fsp3) is 0.0625. The first-order valence-corrected chi connectivity index (χ1v) is 9.21. The summed E-state index contributed by atoms with van der Waals surface area (Å²) in [6.45, 7) is 1.69. The van der Waals surface area contributed by atoms with Crippen LogP contribution in [0, 0.1) is 6.92 Å². The second-order valence-corrected chi connectivity index (χ2v) is 7.32. The van der Waals surface area contributed by atoms with E-state index >= 15 is 0 Å². The number of aryl methyl sites for hydroxylation is 1. The van der Waals surface area contributed by atoms with Gasteiger partial charge >= 0.3 is 0 Å². The van der Waals surface area contributed by atoms with E-state index in [2.05, 4.69) is 25.8 Å². The van der Waals surface area contributed by atoms with Crippen molar-refractivity contribution in [2.24, 2.45) is 0 Å². The zero-order valence-corrected chi connectivity index (χ0v) is 15.0. The molecule has 0 atom stereocenters. The summed E-state index contributed by atoms with van der Waals surface area (Å²) in [7, 11) is -3.90. The van der Waals surface area contributed by atoms with Crippen molar-refractivity contribution in [3.8, 4) is 0 Å². The zero-order chi connectivity index (χ0) is 17.2. The SMILES string of the molecule is Cc1noc(NS(=O)(=O)c2ccc(/C=C/c3ccccc3)o2)c1Br. The lowest BCUT2D eigenvalue weighted by Gasteiger charge is -2.01. The molecule has 0 aliphatic rings. The summed E-state index contributed by atoms with van der Waals surface area (Å²) in [4.78, 5) is 0. The van der Waals surface area contributed by atoms with Crippen molar-refractivity contribution in [3.05, 3.63) is 64.0 Å². The standard InChI is InChI=1S/C16H13BrN2O4S/c1-11-15(17)16(23-18-11)19-24(20,21)14-10-9-13(22-14)8-7-12-5-3-2-4-6-12/h2-10,19H,1H3/b8-7+. The molecule has 2 heterocycles. The van der Waals surface area contributed by atoms with Gasteiger partial charge in [0.1, 0.15) is 10.2 Å². The maximum absolute atomic E-state index is 12.3. The van der Waals surface area contributed by atoms with Crippen LogP contribution in [0.15, 0.2) is 61.0 Å². The first-order chi connectivity index (χ1) is 11.5. The van der Waals surface area contributed by atoms with Gasteiger partial charge in [-0.25, -0.2) is 4.72 Å². The number of hydrogen-bond donors (Lipinski definition) is 1. The number of hydrogen-bond acceptors (Lipinski definition) is 5. The Balaban J connectivity index is 1.79. The molecule has 1 N–H and O–H groups in total. The highest BCUT2D eigenvalue weighted by atomic mass is 79.9. The number of rotatable bonds is 5. The van der Waals surface area contributed by atoms with Gasteiger partial charge in [-0.1, -0.05) is 41.6 Å².